The Labute approximate surface area is 149 Å². The molecule has 142 valence electrons. The minimum atomic E-state index is -1.14. The third kappa shape index (κ3) is 2.68. The average Bonchev–Trinajstić information content (AvgIpc) is 3.22. The van der Waals surface area contributed by atoms with Gasteiger partial charge in [0.2, 0.25) is 0 Å². The molecule has 3 aliphatic heterocycles. The summed E-state index contributed by atoms with van der Waals surface area (Å²) in [6.45, 7) is 2.26. The molecule has 0 unspecified atom stereocenters. The van der Waals surface area contributed by atoms with Crippen LogP contribution in [0.1, 0.15) is 71.1 Å². The number of ether oxygens (including phenoxy) is 5. The van der Waals surface area contributed by atoms with Crippen molar-refractivity contribution in [3.8, 4) is 0 Å². The van der Waals surface area contributed by atoms with Crippen molar-refractivity contribution < 1.29 is 28.8 Å². The lowest BCUT2D eigenvalue weighted by Crippen LogP contribution is -2.52. The van der Waals surface area contributed by atoms with Crippen molar-refractivity contribution in [2.24, 2.45) is 0 Å². The number of hydrogen-bond donors (Lipinski definition) is 1. The van der Waals surface area contributed by atoms with Gasteiger partial charge in [0, 0.05) is 25.7 Å². The molecule has 1 N–H and O–H groups in total. The van der Waals surface area contributed by atoms with Gasteiger partial charge < -0.3 is 28.8 Å². The zero-order valence-corrected chi connectivity index (χ0v) is 15.1. The average molecular weight is 354 g/mol. The van der Waals surface area contributed by atoms with E-state index >= 15 is 0 Å². The van der Waals surface area contributed by atoms with Crippen LogP contribution >= 0.6 is 0 Å². The fourth-order valence-corrected chi connectivity index (χ4v) is 5.40. The monoisotopic (exact) mass is 354 g/mol. The van der Waals surface area contributed by atoms with Gasteiger partial charge in [0.05, 0.1) is 6.61 Å². The topological polar surface area (TPSA) is 66.4 Å². The van der Waals surface area contributed by atoms with Crippen LogP contribution in [0.4, 0.5) is 0 Å². The zero-order chi connectivity index (χ0) is 17.1. The van der Waals surface area contributed by atoms with Crippen molar-refractivity contribution in [1.82, 2.24) is 0 Å². The van der Waals surface area contributed by atoms with Crippen LogP contribution < -0.4 is 0 Å². The number of rotatable bonds is 1. The Kier molecular flexibility index (Phi) is 3.97. The second kappa shape index (κ2) is 5.88. The lowest BCUT2D eigenvalue weighted by Gasteiger charge is -2.37. The van der Waals surface area contributed by atoms with Crippen LogP contribution in [0.5, 0.6) is 0 Å². The fourth-order valence-electron chi connectivity index (χ4n) is 5.40. The van der Waals surface area contributed by atoms with Crippen LogP contribution in [-0.2, 0) is 23.7 Å². The summed E-state index contributed by atoms with van der Waals surface area (Å²) in [4.78, 5) is 0. The number of hydrogen-bond acceptors (Lipinski definition) is 6. The molecule has 6 nitrogen and oxygen atoms in total. The van der Waals surface area contributed by atoms with Gasteiger partial charge in [0.25, 0.3) is 0 Å². The molecule has 2 spiro atoms. The van der Waals surface area contributed by atoms with Crippen LogP contribution in [0, 0.1) is 0 Å². The van der Waals surface area contributed by atoms with Gasteiger partial charge >= 0.3 is 0 Å². The Morgan fingerprint density at radius 3 is 2.04 bits per heavy atom. The minimum Gasteiger partial charge on any atom is -0.384 e. The van der Waals surface area contributed by atoms with Gasteiger partial charge in [-0.25, -0.2) is 0 Å². The van der Waals surface area contributed by atoms with Crippen molar-refractivity contribution in [1.29, 1.82) is 0 Å². The Morgan fingerprint density at radius 2 is 1.40 bits per heavy atom. The van der Waals surface area contributed by atoms with Crippen molar-refractivity contribution >= 4 is 0 Å². The maximum Gasteiger partial charge on any atom is 0.190 e. The maximum atomic E-state index is 11.2. The highest BCUT2D eigenvalue weighted by atomic mass is 16.8. The van der Waals surface area contributed by atoms with E-state index in [-0.39, 0.29) is 6.10 Å². The van der Waals surface area contributed by atoms with Gasteiger partial charge in [0.1, 0.15) is 23.9 Å². The Hall–Kier alpha value is -0.240. The molecule has 0 amide bonds. The molecule has 0 aromatic carbocycles. The summed E-state index contributed by atoms with van der Waals surface area (Å²) in [5.41, 5.74) is -1.14. The van der Waals surface area contributed by atoms with Gasteiger partial charge in [-0.3, -0.25) is 0 Å². The maximum absolute atomic E-state index is 11.2. The first-order valence-electron chi connectivity index (χ1n) is 10.1. The summed E-state index contributed by atoms with van der Waals surface area (Å²) < 4.78 is 30.9. The third-order valence-electron chi connectivity index (χ3n) is 6.80. The normalized spacial score (nSPS) is 48.2. The molecule has 0 bridgehead atoms. The number of aliphatic hydroxyl groups is 1. The minimum absolute atomic E-state index is 0.270. The lowest BCUT2D eigenvalue weighted by molar-refractivity contribution is -0.270. The summed E-state index contributed by atoms with van der Waals surface area (Å²) in [7, 11) is 0. The van der Waals surface area contributed by atoms with E-state index in [9.17, 15) is 5.11 Å². The second-order valence-electron chi connectivity index (χ2n) is 8.72. The molecule has 5 fully saturated rings. The number of fused-ring (bicyclic) bond motifs is 1. The first-order chi connectivity index (χ1) is 12.0. The first kappa shape index (κ1) is 16.9. The highest BCUT2D eigenvalue weighted by Gasteiger charge is 2.65. The first-order valence-corrected chi connectivity index (χ1v) is 10.1. The van der Waals surface area contributed by atoms with Gasteiger partial charge in [0.15, 0.2) is 17.9 Å². The molecule has 5 rings (SSSR count). The van der Waals surface area contributed by atoms with Crippen LogP contribution in [0.15, 0.2) is 0 Å². The summed E-state index contributed by atoms with van der Waals surface area (Å²) in [5, 5.41) is 11.2. The van der Waals surface area contributed by atoms with E-state index in [0.717, 1.165) is 51.4 Å². The van der Waals surface area contributed by atoms with Crippen molar-refractivity contribution in [2.45, 2.75) is 113 Å². The fraction of sp³-hybridized carbons (Fsp3) is 1.00. The van der Waals surface area contributed by atoms with Crippen LogP contribution in [-0.4, -0.2) is 53.5 Å². The molecule has 5 aliphatic rings. The quantitative estimate of drug-likeness (QED) is 0.781. The smallest absolute Gasteiger partial charge is 0.190 e. The summed E-state index contributed by atoms with van der Waals surface area (Å²) in [5.74, 6) is -1.02. The van der Waals surface area contributed by atoms with E-state index in [1.807, 2.05) is 0 Å². The molecule has 25 heavy (non-hydrogen) atoms. The largest absolute Gasteiger partial charge is 0.384 e. The SMILES string of the molecule is C[C@@]1(O)[C@@H]([C@H]2COC3(CCCCC3)O2)O[C@@H]2OC3(CCCCC3)O[C@@H]21. The molecule has 0 aromatic rings. The summed E-state index contributed by atoms with van der Waals surface area (Å²) in [6, 6.07) is 0. The van der Waals surface area contributed by atoms with Gasteiger partial charge in [-0.1, -0.05) is 12.8 Å². The molecule has 3 saturated heterocycles. The van der Waals surface area contributed by atoms with Gasteiger partial charge in [-0.15, -0.1) is 0 Å². The molecular weight excluding hydrogens is 324 g/mol. The van der Waals surface area contributed by atoms with E-state index < -0.39 is 35.7 Å². The molecule has 0 radical (unpaired) electrons. The van der Waals surface area contributed by atoms with Gasteiger partial charge in [-0.2, -0.15) is 0 Å². The Bertz CT molecular complexity index is 508. The molecule has 6 heteroatoms. The van der Waals surface area contributed by atoms with Crippen LogP contribution in [0.3, 0.4) is 0 Å². The van der Waals surface area contributed by atoms with E-state index in [4.69, 9.17) is 23.7 Å². The van der Waals surface area contributed by atoms with Crippen molar-refractivity contribution in [3.63, 3.8) is 0 Å². The molecule has 0 aromatic heterocycles. The standard InChI is InChI=1S/C19H30O6/c1-17(20)14(13-12-21-18(23-13)8-4-2-5-9-18)22-16-15(17)24-19(25-16)10-6-3-7-11-19/h13-16,20H,2-12H2,1H3/t13-,14-,15+,16-,17-/m1/s1. The highest BCUT2D eigenvalue weighted by molar-refractivity contribution is 5.07. The van der Waals surface area contributed by atoms with Crippen molar-refractivity contribution in [2.75, 3.05) is 6.61 Å². The van der Waals surface area contributed by atoms with E-state index in [2.05, 4.69) is 0 Å². The van der Waals surface area contributed by atoms with Crippen LogP contribution in [0.2, 0.25) is 0 Å². The third-order valence-corrected chi connectivity index (χ3v) is 6.80. The van der Waals surface area contributed by atoms with E-state index in [1.165, 1.54) is 12.8 Å². The molecule has 2 aliphatic carbocycles. The summed E-state index contributed by atoms with van der Waals surface area (Å²) >= 11 is 0. The second-order valence-corrected chi connectivity index (χ2v) is 8.72. The van der Waals surface area contributed by atoms with E-state index in [1.54, 1.807) is 6.92 Å². The Balaban J connectivity index is 1.29. The zero-order valence-electron chi connectivity index (χ0n) is 15.1. The highest BCUT2D eigenvalue weighted by Crippen LogP contribution is 2.50. The summed E-state index contributed by atoms with van der Waals surface area (Å²) in [6.07, 6.45) is 8.85. The predicted octanol–water partition coefficient (Wildman–Crippen LogP) is 2.61. The molecule has 5 atom stereocenters. The van der Waals surface area contributed by atoms with Gasteiger partial charge in [-0.05, 0) is 32.6 Å². The van der Waals surface area contributed by atoms with Crippen LogP contribution in [0.25, 0.3) is 0 Å². The molecule has 2 saturated carbocycles. The Morgan fingerprint density at radius 1 is 0.760 bits per heavy atom. The molecular formula is C19H30O6. The van der Waals surface area contributed by atoms with E-state index in [0.29, 0.717) is 6.61 Å². The lowest BCUT2D eigenvalue weighted by atomic mass is 9.90. The molecule has 3 heterocycles. The predicted molar refractivity (Wildman–Crippen MR) is 87.7 cm³/mol. The van der Waals surface area contributed by atoms with Crippen molar-refractivity contribution in [3.05, 3.63) is 0 Å².